The minimum Gasteiger partial charge on any atom is -0.496 e. The largest absolute Gasteiger partial charge is 0.496 e. The van der Waals surface area contributed by atoms with E-state index in [4.69, 9.17) is 9.73 Å². The van der Waals surface area contributed by atoms with E-state index in [1.165, 1.54) is 16.7 Å². The van der Waals surface area contributed by atoms with Crippen LogP contribution < -0.4 is 15.4 Å². The summed E-state index contributed by atoms with van der Waals surface area (Å²) in [5.74, 6) is 0.762. The van der Waals surface area contributed by atoms with Gasteiger partial charge < -0.3 is 15.4 Å². The number of amides is 3. The minimum absolute atomic E-state index is 0.114. The Bertz CT molecular complexity index is 1490. The van der Waals surface area contributed by atoms with Gasteiger partial charge in [0.05, 0.1) is 18.6 Å². The van der Waals surface area contributed by atoms with Crippen LogP contribution in [-0.2, 0) is 27.3 Å². The molecule has 2 aliphatic rings. The molecule has 0 saturated carbocycles. The molecule has 0 saturated heterocycles. The predicted molar refractivity (Wildman–Crippen MR) is 160 cm³/mol. The highest BCUT2D eigenvalue weighted by atomic mass is 32.2. The van der Waals surface area contributed by atoms with Gasteiger partial charge in [-0.15, -0.1) is 0 Å². The van der Waals surface area contributed by atoms with Crippen molar-refractivity contribution in [2.45, 2.75) is 31.8 Å². The minimum atomic E-state index is -0.710. The molecule has 1 atom stereocenters. The normalized spacial score (nSPS) is 15.4. The van der Waals surface area contributed by atoms with Gasteiger partial charge in [0.1, 0.15) is 17.6 Å². The van der Waals surface area contributed by atoms with Gasteiger partial charge in [-0.25, -0.2) is 9.89 Å². The van der Waals surface area contributed by atoms with Gasteiger partial charge in [-0.2, -0.15) is 0 Å². The Kier molecular flexibility index (Phi) is 9.10. The fraction of sp³-hybridized carbons (Fsp3) is 0.258. The number of thioether (sulfide) groups is 1. The zero-order chi connectivity index (χ0) is 28.6. The van der Waals surface area contributed by atoms with Crippen molar-refractivity contribution in [3.8, 4) is 5.75 Å². The van der Waals surface area contributed by atoms with Crippen LogP contribution in [0.3, 0.4) is 0 Å². The highest BCUT2D eigenvalue weighted by Gasteiger charge is 2.41. The van der Waals surface area contributed by atoms with E-state index in [9.17, 15) is 14.4 Å². The second-order valence-electron chi connectivity index (χ2n) is 9.56. The van der Waals surface area contributed by atoms with Crippen LogP contribution in [0.4, 0.5) is 5.69 Å². The molecule has 0 radical (unpaired) electrons. The van der Waals surface area contributed by atoms with Crippen LogP contribution in [0, 0.1) is 0 Å². The number of ether oxygens (including phenoxy) is 1. The van der Waals surface area contributed by atoms with E-state index in [0.29, 0.717) is 35.5 Å². The number of fused-ring (bicyclic) bond motifs is 3. The monoisotopic (exact) mass is 569 g/mol. The van der Waals surface area contributed by atoms with Crippen molar-refractivity contribution in [1.29, 1.82) is 0 Å². The number of aliphatic imine (C=N–C) groups is 2. The third-order valence-electron chi connectivity index (χ3n) is 6.77. The fourth-order valence-corrected chi connectivity index (χ4v) is 5.49. The average molecular weight is 570 g/mol. The Morgan fingerprint density at radius 2 is 1.71 bits per heavy atom. The van der Waals surface area contributed by atoms with E-state index in [1.807, 2.05) is 78.9 Å². The van der Waals surface area contributed by atoms with Crippen LogP contribution in [-0.4, -0.2) is 59.1 Å². The molecule has 2 N–H and O–H groups in total. The number of hydrogen-bond donors (Lipinski definition) is 2. The molecule has 3 amide bonds. The number of para-hydroxylation sites is 2. The van der Waals surface area contributed by atoms with E-state index in [1.54, 1.807) is 7.11 Å². The Hall–Kier alpha value is -4.44. The number of hydrogen-bond acceptors (Lipinski definition) is 7. The van der Waals surface area contributed by atoms with Crippen LogP contribution in [0.2, 0.25) is 0 Å². The summed E-state index contributed by atoms with van der Waals surface area (Å²) >= 11 is 1.20. The molecule has 3 aromatic rings. The molecule has 0 spiro atoms. The number of methoxy groups -OCH3 is 1. The third-order valence-corrected chi connectivity index (χ3v) is 7.71. The molecular weight excluding hydrogens is 538 g/mol. The quantitative estimate of drug-likeness (QED) is 0.364. The number of nitrogens with one attached hydrogen (secondary N) is 2. The zero-order valence-electron chi connectivity index (χ0n) is 22.7. The van der Waals surface area contributed by atoms with E-state index in [0.717, 1.165) is 23.1 Å². The molecule has 0 aromatic heterocycles. The number of nitrogens with zero attached hydrogens (tertiary/aromatic N) is 3. The van der Waals surface area contributed by atoms with Crippen molar-refractivity contribution in [3.05, 3.63) is 95.6 Å². The average Bonchev–Trinajstić information content (AvgIpc) is 3.34. The smallest absolute Gasteiger partial charge is 0.259 e. The number of carbonyl (C=O) groups excluding carboxylic acids is 3. The van der Waals surface area contributed by atoms with Crippen molar-refractivity contribution in [2.75, 3.05) is 19.4 Å². The topological polar surface area (TPSA) is 112 Å². The first-order chi connectivity index (χ1) is 20.0. The van der Waals surface area contributed by atoms with Gasteiger partial charge in [0.25, 0.3) is 5.91 Å². The van der Waals surface area contributed by atoms with Crippen molar-refractivity contribution < 1.29 is 19.1 Å². The Morgan fingerprint density at radius 3 is 2.54 bits per heavy atom. The summed E-state index contributed by atoms with van der Waals surface area (Å²) < 4.78 is 5.34. The molecule has 0 bridgehead atoms. The molecule has 3 aromatic carbocycles. The van der Waals surface area contributed by atoms with E-state index < -0.39 is 6.04 Å². The SMILES string of the molecule is COc1ccccc1CNC(=O)CCC1N=C2c3ccccc3N=C(SCC(=O)NCCc3ccccc3)N2C1=O. The second kappa shape index (κ2) is 13.3. The van der Waals surface area contributed by atoms with Gasteiger partial charge in [0.15, 0.2) is 5.17 Å². The van der Waals surface area contributed by atoms with Crippen molar-refractivity contribution in [2.24, 2.45) is 9.98 Å². The maximum atomic E-state index is 13.5. The number of amidine groups is 2. The summed E-state index contributed by atoms with van der Waals surface area (Å²) in [7, 11) is 1.59. The first-order valence-electron chi connectivity index (χ1n) is 13.5. The van der Waals surface area contributed by atoms with E-state index in [-0.39, 0.29) is 36.3 Å². The van der Waals surface area contributed by atoms with Gasteiger partial charge in [-0.3, -0.25) is 19.4 Å². The van der Waals surface area contributed by atoms with E-state index >= 15 is 0 Å². The van der Waals surface area contributed by atoms with Crippen molar-refractivity contribution >= 4 is 46.2 Å². The fourth-order valence-electron chi connectivity index (χ4n) is 4.66. The summed E-state index contributed by atoms with van der Waals surface area (Å²) in [4.78, 5) is 49.5. The van der Waals surface area contributed by atoms with Gasteiger partial charge in [-0.1, -0.05) is 72.4 Å². The lowest BCUT2D eigenvalue weighted by molar-refractivity contribution is -0.125. The number of rotatable bonds is 11. The summed E-state index contributed by atoms with van der Waals surface area (Å²) in [5.41, 5.74) is 3.46. The Morgan fingerprint density at radius 1 is 0.951 bits per heavy atom. The van der Waals surface area contributed by atoms with Crippen LogP contribution in [0.1, 0.15) is 29.5 Å². The molecule has 210 valence electrons. The van der Waals surface area contributed by atoms with Crippen LogP contribution >= 0.6 is 11.8 Å². The lowest BCUT2D eigenvalue weighted by atomic mass is 10.1. The van der Waals surface area contributed by atoms with Gasteiger partial charge in [0.2, 0.25) is 11.8 Å². The molecule has 0 aliphatic carbocycles. The van der Waals surface area contributed by atoms with E-state index in [2.05, 4.69) is 15.6 Å². The molecule has 5 rings (SSSR count). The molecular formula is C31H31N5O4S. The second-order valence-corrected chi connectivity index (χ2v) is 10.5. The van der Waals surface area contributed by atoms with Crippen molar-refractivity contribution in [3.63, 3.8) is 0 Å². The summed E-state index contributed by atoms with van der Waals surface area (Å²) in [5, 5.41) is 6.24. The highest BCUT2D eigenvalue weighted by molar-refractivity contribution is 8.14. The molecule has 2 aliphatic heterocycles. The third kappa shape index (κ3) is 6.83. The Balaban J connectivity index is 1.19. The first-order valence-corrected chi connectivity index (χ1v) is 14.4. The number of benzene rings is 3. The molecule has 2 heterocycles. The van der Waals surface area contributed by atoms with Crippen molar-refractivity contribution in [1.82, 2.24) is 15.5 Å². The maximum Gasteiger partial charge on any atom is 0.259 e. The molecule has 10 heteroatoms. The van der Waals surface area contributed by atoms with Gasteiger partial charge in [0, 0.05) is 30.6 Å². The number of carbonyl (C=O) groups is 3. The summed E-state index contributed by atoms with van der Waals surface area (Å²) in [6.45, 7) is 0.853. The van der Waals surface area contributed by atoms with Gasteiger partial charge >= 0.3 is 0 Å². The standard InChI is InChI=1S/C31H31N5O4S/c1-40-26-14-8-5-11-22(26)19-33-27(37)16-15-25-30(39)36-29(34-25)23-12-6-7-13-24(23)35-31(36)41-20-28(38)32-18-17-21-9-3-2-4-10-21/h2-14,25H,15-20H2,1H3,(H,32,38)(H,33,37). The molecule has 0 fully saturated rings. The molecule has 1 unspecified atom stereocenters. The van der Waals surface area contributed by atoms with Crippen LogP contribution in [0.15, 0.2) is 88.8 Å². The zero-order valence-corrected chi connectivity index (χ0v) is 23.5. The molecule has 41 heavy (non-hydrogen) atoms. The molecule has 9 nitrogen and oxygen atoms in total. The lowest BCUT2D eigenvalue weighted by Crippen LogP contribution is -2.42. The first kappa shape index (κ1) is 28.1. The van der Waals surface area contributed by atoms with Crippen LogP contribution in [0.5, 0.6) is 5.75 Å². The maximum absolute atomic E-state index is 13.5. The lowest BCUT2D eigenvalue weighted by Gasteiger charge is -2.25. The van der Waals surface area contributed by atoms with Crippen LogP contribution in [0.25, 0.3) is 0 Å². The summed E-state index contributed by atoms with van der Waals surface area (Å²) in [6, 6.07) is 24.2. The Labute approximate surface area is 243 Å². The van der Waals surface area contributed by atoms with Gasteiger partial charge in [-0.05, 0) is 36.6 Å². The highest BCUT2D eigenvalue weighted by Crippen LogP contribution is 2.34. The predicted octanol–water partition coefficient (Wildman–Crippen LogP) is 3.84. The summed E-state index contributed by atoms with van der Waals surface area (Å²) in [6.07, 6.45) is 1.14.